The first-order valence-electron chi connectivity index (χ1n) is 3.81. The minimum Gasteiger partial charge on any atom is -0.368 e. The van der Waals surface area contributed by atoms with Crippen molar-refractivity contribution < 1.29 is 4.79 Å². The zero-order valence-corrected chi connectivity index (χ0v) is 5.89. The number of carbonyl (C=O) groups is 1. The molecule has 0 aromatic carbocycles. The Balaban J connectivity index is 2.12. The van der Waals surface area contributed by atoms with E-state index in [1.165, 1.54) is 12.8 Å². The van der Waals surface area contributed by atoms with Crippen LogP contribution in [-0.4, -0.2) is 18.0 Å². The Bertz CT molecular complexity index is 180. The predicted octanol–water partition coefficient (Wildman–Crippen LogP) is -0.386. The lowest BCUT2D eigenvalue weighted by molar-refractivity contribution is -0.121. The van der Waals surface area contributed by atoms with E-state index in [1.807, 2.05) is 0 Å². The van der Waals surface area contributed by atoms with Gasteiger partial charge in [0, 0.05) is 0 Å². The molecule has 3 N–H and O–H groups in total. The molecule has 3 heteroatoms. The first kappa shape index (κ1) is 6.16. The van der Waals surface area contributed by atoms with Crippen LogP contribution in [0, 0.1) is 5.92 Å². The molecule has 2 fully saturated rings. The van der Waals surface area contributed by atoms with Gasteiger partial charge >= 0.3 is 0 Å². The molecule has 56 valence electrons. The van der Waals surface area contributed by atoms with E-state index >= 15 is 0 Å². The van der Waals surface area contributed by atoms with Gasteiger partial charge in [-0.1, -0.05) is 0 Å². The Labute approximate surface area is 60.0 Å². The third-order valence-corrected chi connectivity index (χ3v) is 2.71. The molecular formula is C7H12N2O. The molecule has 0 radical (unpaired) electrons. The zero-order valence-electron chi connectivity index (χ0n) is 5.89. The molecular weight excluding hydrogens is 128 g/mol. The highest BCUT2D eigenvalue weighted by Crippen LogP contribution is 2.48. The smallest absolute Gasteiger partial charge is 0.238 e. The summed E-state index contributed by atoms with van der Waals surface area (Å²) < 4.78 is 0. The number of amides is 1. The topological polar surface area (TPSA) is 55.1 Å². The van der Waals surface area contributed by atoms with Crippen molar-refractivity contribution in [3.8, 4) is 0 Å². The zero-order chi connectivity index (χ0) is 7.19. The van der Waals surface area contributed by atoms with Crippen molar-refractivity contribution >= 4 is 5.91 Å². The maximum absolute atomic E-state index is 10.9. The molecule has 10 heavy (non-hydrogen) atoms. The summed E-state index contributed by atoms with van der Waals surface area (Å²) in [4.78, 5) is 10.9. The summed E-state index contributed by atoms with van der Waals surface area (Å²) in [5.41, 5.74) is 4.98. The van der Waals surface area contributed by atoms with Crippen molar-refractivity contribution in [3.63, 3.8) is 0 Å². The SMILES string of the molecule is NC(=O)[C@]12CC1CCCN2. The molecule has 3 nitrogen and oxygen atoms in total. The van der Waals surface area contributed by atoms with Crippen LogP contribution in [0.1, 0.15) is 19.3 Å². The third kappa shape index (κ3) is 0.611. The third-order valence-electron chi connectivity index (χ3n) is 2.71. The van der Waals surface area contributed by atoms with Crippen LogP contribution in [0.5, 0.6) is 0 Å². The highest BCUT2D eigenvalue weighted by atomic mass is 16.1. The second kappa shape index (κ2) is 1.72. The van der Waals surface area contributed by atoms with Gasteiger partial charge in [0.15, 0.2) is 0 Å². The van der Waals surface area contributed by atoms with Crippen molar-refractivity contribution in [3.05, 3.63) is 0 Å². The van der Waals surface area contributed by atoms with Crippen LogP contribution in [0.15, 0.2) is 0 Å². The standard InChI is InChI=1S/C7H12N2O/c8-6(10)7-4-5(7)2-1-3-9-7/h5,9H,1-4H2,(H2,8,10)/t5?,7-/m0/s1. The van der Waals surface area contributed by atoms with E-state index in [0.29, 0.717) is 5.92 Å². The molecule has 0 aromatic rings. The van der Waals surface area contributed by atoms with Crippen LogP contribution >= 0.6 is 0 Å². The molecule has 0 bridgehead atoms. The number of fused-ring (bicyclic) bond motifs is 1. The lowest BCUT2D eigenvalue weighted by Gasteiger charge is -2.19. The summed E-state index contributed by atoms with van der Waals surface area (Å²) in [5, 5.41) is 3.19. The van der Waals surface area contributed by atoms with Gasteiger partial charge in [0.1, 0.15) is 5.54 Å². The van der Waals surface area contributed by atoms with Gasteiger partial charge in [-0.25, -0.2) is 0 Å². The molecule has 1 aliphatic heterocycles. The fourth-order valence-electron chi connectivity index (χ4n) is 1.94. The van der Waals surface area contributed by atoms with E-state index in [-0.39, 0.29) is 11.4 Å². The van der Waals surface area contributed by atoms with Gasteiger partial charge < -0.3 is 11.1 Å². The largest absolute Gasteiger partial charge is 0.368 e. The molecule has 1 heterocycles. The maximum atomic E-state index is 10.9. The van der Waals surface area contributed by atoms with E-state index in [9.17, 15) is 4.79 Å². The van der Waals surface area contributed by atoms with Crippen LogP contribution in [0.2, 0.25) is 0 Å². The molecule has 0 aromatic heterocycles. The lowest BCUT2D eigenvalue weighted by atomic mass is 10.1. The fourth-order valence-corrected chi connectivity index (χ4v) is 1.94. The Kier molecular flexibility index (Phi) is 1.06. The van der Waals surface area contributed by atoms with Gasteiger partial charge in [-0.15, -0.1) is 0 Å². The maximum Gasteiger partial charge on any atom is 0.238 e. The molecule has 1 saturated heterocycles. The summed E-state index contributed by atoms with van der Waals surface area (Å²) >= 11 is 0. The van der Waals surface area contributed by atoms with Crippen LogP contribution in [0.4, 0.5) is 0 Å². The van der Waals surface area contributed by atoms with E-state index < -0.39 is 0 Å². The fraction of sp³-hybridized carbons (Fsp3) is 0.857. The van der Waals surface area contributed by atoms with Crippen molar-refractivity contribution in [2.75, 3.05) is 6.54 Å². The van der Waals surface area contributed by atoms with E-state index in [0.717, 1.165) is 13.0 Å². The highest BCUT2D eigenvalue weighted by Gasteiger charge is 2.59. The summed E-state index contributed by atoms with van der Waals surface area (Å²) in [6, 6.07) is 0. The van der Waals surface area contributed by atoms with Crippen LogP contribution in [0.25, 0.3) is 0 Å². The van der Waals surface area contributed by atoms with Gasteiger partial charge in [-0.05, 0) is 31.7 Å². The molecule has 1 unspecified atom stereocenters. The van der Waals surface area contributed by atoms with Crippen LogP contribution in [0.3, 0.4) is 0 Å². The molecule has 0 spiro atoms. The molecule has 1 saturated carbocycles. The average Bonchev–Trinajstić information content (AvgIpc) is 2.61. The normalized spacial score (nSPS) is 44.2. The van der Waals surface area contributed by atoms with E-state index in [4.69, 9.17) is 5.73 Å². The Morgan fingerprint density at radius 2 is 2.50 bits per heavy atom. The van der Waals surface area contributed by atoms with Gasteiger partial charge in [-0.3, -0.25) is 4.79 Å². The minimum atomic E-state index is -0.266. The van der Waals surface area contributed by atoms with Gasteiger partial charge in [-0.2, -0.15) is 0 Å². The number of piperidine rings is 1. The molecule has 2 aliphatic rings. The number of carbonyl (C=O) groups excluding carboxylic acids is 1. The number of primary amides is 1. The molecule has 1 aliphatic carbocycles. The number of nitrogens with two attached hydrogens (primary N) is 1. The van der Waals surface area contributed by atoms with Crippen molar-refractivity contribution in [2.24, 2.45) is 11.7 Å². The van der Waals surface area contributed by atoms with Crippen molar-refractivity contribution in [1.82, 2.24) is 5.32 Å². The second-order valence-corrected chi connectivity index (χ2v) is 3.31. The average molecular weight is 140 g/mol. The Morgan fingerprint density at radius 1 is 1.70 bits per heavy atom. The predicted molar refractivity (Wildman–Crippen MR) is 37.3 cm³/mol. The summed E-state index contributed by atoms with van der Waals surface area (Å²) in [7, 11) is 0. The van der Waals surface area contributed by atoms with Crippen molar-refractivity contribution in [1.29, 1.82) is 0 Å². The monoisotopic (exact) mass is 140 g/mol. The van der Waals surface area contributed by atoms with Crippen LogP contribution < -0.4 is 11.1 Å². The van der Waals surface area contributed by atoms with E-state index in [2.05, 4.69) is 5.32 Å². The first-order valence-corrected chi connectivity index (χ1v) is 3.81. The summed E-state index contributed by atoms with van der Waals surface area (Å²) in [5.74, 6) is 0.399. The summed E-state index contributed by atoms with van der Waals surface area (Å²) in [6.45, 7) is 0.958. The summed E-state index contributed by atoms with van der Waals surface area (Å²) in [6.07, 6.45) is 3.35. The number of hydrogen-bond donors (Lipinski definition) is 2. The molecule has 2 atom stereocenters. The Hall–Kier alpha value is -0.570. The number of nitrogens with one attached hydrogen (secondary N) is 1. The Morgan fingerprint density at radius 3 is 3.00 bits per heavy atom. The highest BCUT2D eigenvalue weighted by molar-refractivity contribution is 5.88. The van der Waals surface area contributed by atoms with E-state index in [1.54, 1.807) is 0 Å². The lowest BCUT2D eigenvalue weighted by Crippen LogP contribution is -2.47. The van der Waals surface area contributed by atoms with Gasteiger partial charge in [0.25, 0.3) is 0 Å². The minimum absolute atomic E-state index is 0.155. The van der Waals surface area contributed by atoms with Crippen molar-refractivity contribution in [2.45, 2.75) is 24.8 Å². The second-order valence-electron chi connectivity index (χ2n) is 3.31. The molecule has 2 rings (SSSR count). The quantitative estimate of drug-likeness (QED) is 0.521. The van der Waals surface area contributed by atoms with Gasteiger partial charge in [0.2, 0.25) is 5.91 Å². The number of hydrogen-bond acceptors (Lipinski definition) is 2. The van der Waals surface area contributed by atoms with Crippen LogP contribution in [-0.2, 0) is 4.79 Å². The molecule has 1 amide bonds. The van der Waals surface area contributed by atoms with Gasteiger partial charge in [0.05, 0.1) is 0 Å². The first-order chi connectivity index (χ1) is 4.76. The number of rotatable bonds is 1.